The summed E-state index contributed by atoms with van der Waals surface area (Å²) in [5.41, 5.74) is 1.94. The fourth-order valence-corrected chi connectivity index (χ4v) is 5.04. The minimum absolute atomic E-state index is 0.0407. The van der Waals surface area contributed by atoms with Crippen LogP contribution in [-0.4, -0.2) is 56.9 Å². The van der Waals surface area contributed by atoms with Crippen molar-refractivity contribution >= 4 is 27.5 Å². The van der Waals surface area contributed by atoms with Crippen molar-refractivity contribution in [3.05, 3.63) is 59.7 Å². The van der Waals surface area contributed by atoms with Crippen LogP contribution < -0.4 is 10.6 Å². The van der Waals surface area contributed by atoms with Crippen molar-refractivity contribution < 1.29 is 22.7 Å². The highest BCUT2D eigenvalue weighted by Crippen LogP contribution is 2.19. The maximum absolute atomic E-state index is 13.0. The lowest BCUT2D eigenvalue weighted by atomic mass is 10.0. The van der Waals surface area contributed by atoms with Crippen LogP contribution in [0.4, 0.5) is 5.69 Å². The zero-order valence-electron chi connectivity index (χ0n) is 19.2. The number of nitrogens with one attached hydrogen (secondary N) is 2. The molecule has 9 heteroatoms. The Bertz CT molecular complexity index is 1090. The molecule has 2 N–H and O–H groups in total. The largest absolute Gasteiger partial charge is 0.379 e. The zero-order valence-corrected chi connectivity index (χ0v) is 20.0. The number of carbonyl (C=O) groups is 2. The second-order valence-corrected chi connectivity index (χ2v) is 10.2. The van der Waals surface area contributed by atoms with Crippen LogP contribution in [0.5, 0.6) is 0 Å². The van der Waals surface area contributed by atoms with Gasteiger partial charge in [-0.3, -0.25) is 9.59 Å². The number of anilines is 1. The van der Waals surface area contributed by atoms with Crippen LogP contribution in [0, 0.1) is 5.92 Å². The van der Waals surface area contributed by atoms with E-state index in [9.17, 15) is 18.0 Å². The smallest absolute Gasteiger partial charge is 0.251 e. The first kappa shape index (κ1) is 24.9. The molecule has 1 fully saturated rings. The number of aryl methyl sites for hydroxylation is 1. The minimum Gasteiger partial charge on any atom is -0.379 e. The molecule has 0 bridgehead atoms. The number of sulfonamides is 1. The molecule has 0 unspecified atom stereocenters. The average Bonchev–Trinajstić information content (AvgIpc) is 2.82. The summed E-state index contributed by atoms with van der Waals surface area (Å²) in [5.74, 6) is -1.02. The first-order chi connectivity index (χ1) is 15.7. The van der Waals surface area contributed by atoms with Crippen LogP contribution in [0.2, 0.25) is 0 Å². The molecule has 0 spiro atoms. The molecule has 1 saturated heterocycles. The van der Waals surface area contributed by atoms with Gasteiger partial charge in [-0.25, -0.2) is 8.42 Å². The van der Waals surface area contributed by atoms with Crippen molar-refractivity contribution in [1.82, 2.24) is 9.62 Å². The molecule has 2 aromatic carbocycles. The van der Waals surface area contributed by atoms with Gasteiger partial charge < -0.3 is 15.4 Å². The molecule has 1 atom stereocenters. The average molecular weight is 474 g/mol. The molecule has 1 heterocycles. The number of rotatable bonds is 8. The third kappa shape index (κ3) is 6.19. The summed E-state index contributed by atoms with van der Waals surface area (Å²) in [6.07, 6.45) is 0.845. The molecule has 0 saturated carbocycles. The first-order valence-electron chi connectivity index (χ1n) is 11.1. The molecule has 1 aliphatic heterocycles. The lowest BCUT2D eigenvalue weighted by Crippen LogP contribution is -2.47. The fraction of sp³-hybridized carbons (Fsp3) is 0.417. The Hall–Kier alpha value is -2.75. The maximum Gasteiger partial charge on any atom is 0.251 e. The third-order valence-corrected chi connectivity index (χ3v) is 7.44. The van der Waals surface area contributed by atoms with Gasteiger partial charge in [-0.05, 0) is 48.2 Å². The van der Waals surface area contributed by atoms with Crippen molar-refractivity contribution in [1.29, 1.82) is 0 Å². The van der Waals surface area contributed by atoms with Gasteiger partial charge in [0.15, 0.2) is 0 Å². The Kier molecular flexibility index (Phi) is 8.23. The zero-order chi connectivity index (χ0) is 24.0. The lowest BCUT2D eigenvalue weighted by Gasteiger charge is -2.26. The normalized spacial score (nSPS) is 15.8. The highest BCUT2D eigenvalue weighted by Gasteiger charge is 2.28. The van der Waals surface area contributed by atoms with E-state index < -0.39 is 22.0 Å². The SMILES string of the molecule is CCc1cccc(NC(=O)[C@@H](NC(=O)c2cccc(S(=O)(=O)N3CCOCC3)c2)C(C)C)c1. The quantitative estimate of drug-likeness (QED) is 0.613. The minimum atomic E-state index is -3.73. The van der Waals surface area contributed by atoms with Gasteiger partial charge in [0.2, 0.25) is 15.9 Å². The molecule has 3 rings (SSSR count). The molecule has 2 aromatic rings. The van der Waals surface area contributed by atoms with Crippen LogP contribution in [0.3, 0.4) is 0 Å². The van der Waals surface area contributed by atoms with Gasteiger partial charge in [-0.2, -0.15) is 4.31 Å². The topological polar surface area (TPSA) is 105 Å². The molecule has 2 amide bonds. The van der Waals surface area contributed by atoms with Crippen molar-refractivity contribution in [2.24, 2.45) is 5.92 Å². The second kappa shape index (κ2) is 10.9. The van der Waals surface area contributed by atoms with Crippen LogP contribution in [-0.2, 0) is 26.0 Å². The number of ether oxygens (including phenoxy) is 1. The van der Waals surface area contributed by atoms with Crippen LogP contribution in [0.25, 0.3) is 0 Å². The summed E-state index contributed by atoms with van der Waals surface area (Å²) >= 11 is 0. The summed E-state index contributed by atoms with van der Waals surface area (Å²) in [4.78, 5) is 25.9. The molecule has 0 aliphatic carbocycles. The number of hydrogen-bond donors (Lipinski definition) is 2. The van der Waals surface area contributed by atoms with E-state index in [1.807, 2.05) is 39.0 Å². The van der Waals surface area contributed by atoms with E-state index >= 15 is 0 Å². The van der Waals surface area contributed by atoms with Crippen molar-refractivity contribution in [3.63, 3.8) is 0 Å². The lowest BCUT2D eigenvalue weighted by molar-refractivity contribution is -0.118. The number of hydrogen-bond acceptors (Lipinski definition) is 5. The highest BCUT2D eigenvalue weighted by molar-refractivity contribution is 7.89. The summed E-state index contributed by atoms with van der Waals surface area (Å²) in [6.45, 7) is 6.93. The number of nitrogens with zero attached hydrogens (tertiary/aromatic N) is 1. The van der Waals surface area contributed by atoms with Crippen LogP contribution >= 0.6 is 0 Å². The van der Waals surface area contributed by atoms with E-state index in [1.165, 1.54) is 28.6 Å². The van der Waals surface area contributed by atoms with E-state index in [0.717, 1.165) is 12.0 Å². The van der Waals surface area contributed by atoms with Crippen molar-refractivity contribution in [2.75, 3.05) is 31.6 Å². The van der Waals surface area contributed by atoms with Gasteiger partial charge >= 0.3 is 0 Å². The Labute approximate surface area is 195 Å². The molecule has 33 heavy (non-hydrogen) atoms. The summed E-state index contributed by atoms with van der Waals surface area (Å²) in [7, 11) is -3.73. The predicted molar refractivity (Wildman–Crippen MR) is 127 cm³/mol. The number of morpholine rings is 1. The Morgan fingerprint density at radius 1 is 1.06 bits per heavy atom. The molecule has 0 aromatic heterocycles. The molecule has 178 valence electrons. The van der Waals surface area contributed by atoms with Crippen molar-refractivity contribution in [2.45, 2.75) is 38.1 Å². The van der Waals surface area contributed by atoms with Gasteiger partial charge in [0, 0.05) is 24.3 Å². The third-order valence-electron chi connectivity index (χ3n) is 5.54. The standard InChI is InChI=1S/C24H31N3O5S/c1-4-18-7-5-9-20(15-18)25-24(29)22(17(2)3)26-23(28)19-8-6-10-21(16-19)33(30,31)27-11-13-32-14-12-27/h5-10,15-17,22H,4,11-14H2,1-3H3,(H,25,29)(H,26,28)/t22-/m0/s1. The van der Waals surface area contributed by atoms with Gasteiger partial charge in [-0.15, -0.1) is 0 Å². The van der Waals surface area contributed by atoms with E-state index in [1.54, 1.807) is 6.07 Å². The van der Waals surface area contributed by atoms with E-state index in [4.69, 9.17) is 4.74 Å². The maximum atomic E-state index is 13.0. The van der Waals surface area contributed by atoms with E-state index in [0.29, 0.717) is 18.9 Å². The number of amides is 2. The Balaban J connectivity index is 1.75. The van der Waals surface area contributed by atoms with Crippen LogP contribution in [0.15, 0.2) is 53.4 Å². The number of carbonyl (C=O) groups excluding carboxylic acids is 2. The fourth-order valence-electron chi connectivity index (χ4n) is 3.58. The molecule has 0 radical (unpaired) electrons. The highest BCUT2D eigenvalue weighted by atomic mass is 32.2. The van der Waals surface area contributed by atoms with Gasteiger partial charge in [0.25, 0.3) is 5.91 Å². The van der Waals surface area contributed by atoms with E-state index in [-0.39, 0.29) is 35.4 Å². The summed E-state index contributed by atoms with van der Waals surface area (Å²) in [5, 5.41) is 5.63. The van der Waals surface area contributed by atoms with Gasteiger partial charge in [0.05, 0.1) is 18.1 Å². The number of benzene rings is 2. The Morgan fingerprint density at radius 2 is 1.76 bits per heavy atom. The molecular formula is C24H31N3O5S. The summed E-state index contributed by atoms with van der Waals surface area (Å²) in [6, 6.07) is 12.6. The molecule has 8 nitrogen and oxygen atoms in total. The second-order valence-electron chi connectivity index (χ2n) is 8.28. The molecule has 1 aliphatic rings. The Morgan fingerprint density at radius 3 is 2.42 bits per heavy atom. The molecular weight excluding hydrogens is 442 g/mol. The van der Waals surface area contributed by atoms with Crippen molar-refractivity contribution in [3.8, 4) is 0 Å². The summed E-state index contributed by atoms with van der Waals surface area (Å²) < 4.78 is 32.4. The predicted octanol–water partition coefficient (Wildman–Crippen LogP) is 2.66. The van der Waals surface area contributed by atoms with Gasteiger partial charge in [-0.1, -0.05) is 39.0 Å². The van der Waals surface area contributed by atoms with Gasteiger partial charge in [0.1, 0.15) is 6.04 Å². The monoisotopic (exact) mass is 473 g/mol. The van der Waals surface area contributed by atoms with E-state index in [2.05, 4.69) is 10.6 Å². The van der Waals surface area contributed by atoms with Crippen LogP contribution in [0.1, 0.15) is 36.7 Å². The first-order valence-corrected chi connectivity index (χ1v) is 12.5.